The Morgan fingerprint density at radius 1 is 1.15 bits per heavy atom. The van der Waals surface area contributed by atoms with E-state index in [-0.39, 0.29) is 0 Å². The molecule has 106 valence electrons. The zero-order valence-electron chi connectivity index (χ0n) is 12.7. The molecule has 0 saturated heterocycles. The Morgan fingerprint density at radius 3 is 2.70 bits per heavy atom. The molecule has 0 unspecified atom stereocenters. The third kappa shape index (κ3) is 3.50. The van der Waals surface area contributed by atoms with E-state index >= 15 is 0 Å². The van der Waals surface area contributed by atoms with Crippen molar-refractivity contribution in [1.82, 2.24) is 4.98 Å². The fraction of sp³-hybridized carbons (Fsp3) is 0.353. The second kappa shape index (κ2) is 6.42. The highest BCUT2D eigenvalue weighted by molar-refractivity contribution is 5.42. The lowest BCUT2D eigenvalue weighted by Gasteiger charge is -2.13. The number of benzene rings is 1. The number of anilines is 1. The minimum atomic E-state index is 0.560. The molecule has 2 rings (SSSR count). The molecule has 0 saturated carbocycles. The van der Waals surface area contributed by atoms with Crippen LogP contribution in [-0.4, -0.2) is 11.5 Å². The van der Waals surface area contributed by atoms with Gasteiger partial charge in [-0.15, -0.1) is 0 Å². The van der Waals surface area contributed by atoms with Crippen molar-refractivity contribution in [1.29, 1.82) is 0 Å². The van der Waals surface area contributed by atoms with Crippen LogP contribution in [0.3, 0.4) is 0 Å². The number of aromatic nitrogens is 1. The molecule has 3 nitrogen and oxygen atoms in total. The Bertz CT molecular complexity index is 594. The maximum atomic E-state index is 5.96. The van der Waals surface area contributed by atoms with E-state index in [4.69, 9.17) is 4.74 Å². The molecule has 0 aliphatic carbocycles. The zero-order chi connectivity index (χ0) is 14.5. The molecule has 1 heterocycles. The molecule has 0 radical (unpaired) electrons. The molecule has 0 spiro atoms. The second-order valence-electron chi connectivity index (χ2n) is 5.07. The van der Waals surface area contributed by atoms with E-state index in [2.05, 4.69) is 50.1 Å². The van der Waals surface area contributed by atoms with Gasteiger partial charge in [-0.1, -0.05) is 6.07 Å². The normalized spacial score (nSPS) is 10.4. The average Bonchev–Trinajstić information content (AvgIpc) is 2.42. The van der Waals surface area contributed by atoms with E-state index in [1.54, 1.807) is 0 Å². The van der Waals surface area contributed by atoms with Crippen molar-refractivity contribution in [3.8, 4) is 5.75 Å². The molecule has 1 aromatic carbocycles. The van der Waals surface area contributed by atoms with Gasteiger partial charge in [0.2, 0.25) is 0 Å². The molecular weight excluding hydrogens is 248 g/mol. The van der Waals surface area contributed by atoms with E-state index in [1.807, 2.05) is 18.3 Å². The lowest BCUT2D eigenvalue weighted by molar-refractivity contribution is 0.303. The predicted molar refractivity (Wildman–Crippen MR) is 83.4 cm³/mol. The van der Waals surface area contributed by atoms with Crippen molar-refractivity contribution < 1.29 is 4.74 Å². The fourth-order valence-corrected chi connectivity index (χ4v) is 2.15. The summed E-state index contributed by atoms with van der Waals surface area (Å²) >= 11 is 0. The molecular formula is C17H22N2O. The topological polar surface area (TPSA) is 34.1 Å². The van der Waals surface area contributed by atoms with Crippen molar-refractivity contribution in [3.63, 3.8) is 0 Å². The number of nitrogens with zero attached hydrogens (tertiary/aromatic N) is 1. The molecule has 20 heavy (non-hydrogen) atoms. The molecule has 0 atom stereocenters. The molecule has 0 aliphatic rings. The van der Waals surface area contributed by atoms with Gasteiger partial charge in [-0.3, -0.25) is 0 Å². The summed E-state index contributed by atoms with van der Waals surface area (Å²) in [5.41, 5.74) is 4.82. The summed E-state index contributed by atoms with van der Waals surface area (Å²) in [6.45, 7) is 9.79. The Labute approximate surface area is 121 Å². The van der Waals surface area contributed by atoms with Gasteiger partial charge >= 0.3 is 0 Å². The van der Waals surface area contributed by atoms with Crippen LogP contribution >= 0.6 is 0 Å². The number of pyridine rings is 1. The van der Waals surface area contributed by atoms with Crippen molar-refractivity contribution in [2.45, 2.75) is 34.3 Å². The lowest BCUT2D eigenvalue weighted by Crippen LogP contribution is -2.02. The third-order valence-corrected chi connectivity index (χ3v) is 3.34. The molecule has 0 fully saturated rings. The summed E-state index contributed by atoms with van der Waals surface area (Å²) < 4.78 is 5.96. The maximum Gasteiger partial charge on any atom is 0.126 e. The first-order valence-corrected chi connectivity index (χ1v) is 6.99. The molecule has 1 aromatic heterocycles. The van der Waals surface area contributed by atoms with Gasteiger partial charge in [-0.05, 0) is 68.1 Å². The first-order valence-electron chi connectivity index (χ1n) is 6.99. The van der Waals surface area contributed by atoms with Gasteiger partial charge in [0.05, 0.1) is 0 Å². The number of hydrogen-bond acceptors (Lipinski definition) is 3. The molecule has 1 N–H and O–H groups in total. The van der Waals surface area contributed by atoms with Crippen molar-refractivity contribution >= 4 is 5.82 Å². The van der Waals surface area contributed by atoms with E-state index < -0.39 is 0 Å². The van der Waals surface area contributed by atoms with Crippen molar-refractivity contribution in [3.05, 3.63) is 52.7 Å². The van der Waals surface area contributed by atoms with Crippen LogP contribution in [0.2, 0.25) is 0 Å². The largest absolute Gasteiger partial charge is 0.489 e. The van der Waals surface area contributed by atoms with Crippen LogP contribution in [0.4, 0.5) is 5.82 Å². The Morgan fingerprint density at radius 2 is 1.95 bits per heavy atom. The minimum Gasteiger partial charge on any atom is -0.489 e. The van der Waals surface area contributed by atoms with E-state index in [1.165, 1.54) is 16.7 Å². The van der Waals surface area contributed by atoms with Gasteiger partial charge in [0, 0.05) is 12.7 Å². The summed E-state index contributed by atoms with van der Waals surface area (Å²) in [6, 6.07) is 8.28. The summed E-state index contributed by atoms with van der Waals surface area (Å²) in [4.78, 5) is 4.26. The van der Waals surface area contributed by atoms with Crippen LogP contribution in [0.25, 0.3) is 0 Å². The minimum absolute atomic E-state index is 0.560. The maximum absolute atomic E-state index is 5.96. The molecule has 3 heteroatoms. The highest BCUT2D eigenvalue weighted by atomic mass is 16.5. The average molecular weight is 270 g/mol. The van der Waals surface area contributed by atoms with E-state index in [0.29, 0.717) is 6.61 Å². The number of nitrogens with one attached hydrogen (secondary N) is 1. The number of aryl methyl sites for hydroxylation is 2. The first-order chi connectivity index (χ1) is 9.60. The smallest absolute Gasteiger partial charge is 0.126 e. The number of ether oxygens (including phenoxy) is 1. The molecule has 0 amide bonds. The highest BCUT2D eigenvalue weighted by Gasteiger charge is 2.05. The Kier molecular flexibility index (Phi) is 4.61. The Hall–Kier alpha value is -2.03. The van der Waals surface area contributed by atoms with E-state index in [9.17, 15) is 0 Å². The standard InChI is InChI=1S/C17H22N2O/c1-5-18-17-10-15(6-7-19-17)11-20-16-9-12(2)8-13(3)14(16)4/h6-10H,5,11H2,1-4H3,(H,18,19). The van der Waals surface area contributed by atoms with Gasteiger partial charge in [-0.25, -0.2) is 4.98 Å². The monoisotopic (exact) mass is 270 g/mol. The predicted octanol–water partition coefficient (Wildman–Crippen LogP) is 4.02. The lowest BCUT2D eigenvalue weighted by atomic mass is 10.1. The van der Waals surface area contributed by atoms with Crippen LogP contribution in [0.15, 0.2) is 30.5 Å². The third-order valence-electron chi connectivity index (χ3n) is 3.34. The van der Waals surface area contributed by atoms with Gasteiger partial charge in [0.1, 0.15) is 18.2 Å². The molecule has 2 aromatic rings. The van der Waals surface area contributed by atoms with Gasteiger partial charge in [0.25, 0.3) is 0 Å². The first kappa shape index (κ1) is 14.4. The fourth-order valence-electron chi connectivity index (χ4n) is 2.15. The zero-order valence-corrected chi connectivity index (χ0v) is 12.7. The van der Waals surface area contributed by atoms with Crippen LogP contribution < -0.4 is 10.1 Å². The van der Waals surface area contributed by atoms with Crippen molar-refractivity contribution in [2.75, 3.05) is 11.9 Å². The summed E-state index contributed by atoms with van der Waals surface area (Å²) in [5, 5.41) is 3.21. The summed E-state index contributed by atoms with van der Waals surface area (Å²) in [7, 11) is 0. The number of rotatable bonds is 5. The van der Waals surface area contributed by atoms with Gasteiger partial charge in [-0.2, -0.15) is 0 Å². The van der Waals surface area contributed by atoms with Crippen LogP contribution in [0, 0.1) is 20.8 Å². The molecule has 0 bridgehead atoms. The van der Waals surface area contributed by atoms with Crippen molar-refractivity contribution in [2.24, 2.45) is 0 Å². The van der Waals surface area contributed by atoms with Crippen LogP contribution in [-0.2, 0) is 6.61 Å². The van der Waals surface area contributed by atoms with Gasteiger partial charge < -0.3 is 10.1 Å². The molecule has 0 aliphatic heterocycles. The second-order valence-corrected chi connectivity index (χ2v) is 5.07. The van der Waals surface area contributed by atoms with Crippen LogP contribution in [0.1, 0.15) is 29.2 Å². The quantitative estimate of drug-likeness (QED) is 0.891. The summed E-state index contributed by atoms with van der Waals surface area (Å²) in [6.07, 6.45) is 1.81. The Balaban J connectivity index is 2.10. The van der Waals surface area contributed by atoms with Crippen LogP contribution in [0.5, 0.6) is 5.75 Å². The SMILES string of the molecule is CCNc1cc(COc2cc(C)cc(C)c2C)ccn1. The summed E-state index contributed by atoms with van der Waals surface area (Å²) in [5.74, 6) is 1.86. The highest BCUT2D eigenvalue weighted by Crippen LogP contribution is 2.24. The van der Waals surface area contributed by atoms with E-state index in [0.717, 1.165) is 23.7 Å². The van der Waals surface area contributed by atoms with Gasteiger partial charge in [0.15, 0.2) is 0 Å². The number of hydrogen-bond donors (Lipinski definition) is 1.